The second-order valence-electron chi connectivity index (χ2n) is 7.75. The number of fused-ring (bicyclic) bond motifs is 3. The van der Waals surface area contributed by atoms with Gasteiger partial charge in [-0.3, -0.25) is 0 Å². The maximum absolute atomic E-state index is 2.60. The van der Waals surface area contributed by atoms with Gasteiger partial charge in [-0.25, -0.2) is 0 Å². The van der Waals surface area contributed by atoms with Gasteiger partial charge in [0.2, 0.25) is 0 Å². The van der Waals surface area contributed by atoms with E-state index in [4.69, 9.17) is 0 Å². The summed E-state index contributed by atoms with van der Waals surface area (Å²) in [6.45, 7) is 0. The molecule has 0 saturated carbocycles. The molecule has 164 valence electrons. The molecule has 0 bridgehead atoms. The molecular formula is C30H20Se4. The molecule has 0 atom stereocenters. The van der Waals surface area contributed by atoms with Crippen molar-refractivity contribution in [3.63, 3.8) is 0 Å². The first-order chi connectivity index (χ1) is 16.8. The first kappa shape index (κ1) is 22.6. The maximum atomic E-state index is 2.60. The molecule has 0 saturated heterocycles. The van der Waals surface area contributed by atoms with Crippen LogP contribution in [0, 0.1) is 0 Å². The van der Waals surface area contributed by atoms with Gasteiger partial charge >= 0.3 is 227 Å². The van der Waals surface area contributed by atoms with Gasteiger partial charge in [-0.15, -0.1) is 0 Å². The van der Waals surface area contributed by atoms with Gasteiger partial charge in [-0.05, 0) is 0 Å². The van der Waals surface area contributed by atoms with Crippen molar-refractivity contribution >= 4 is 105 Å². The molecule has 0 aliphatic carbocycles. The van der Waals surface area contributed by atoms with Gasteiger partial charge in [0.25, 0.3) is 0 Å². The van der Waals surface area contributed by atoms with Crippen LogP contribution < -0.4 is 26.8 Å². The Kier molecular flexibility index (Phi) is 6.94. The SMILES string of the molecule is c1ccc([Se]c2cc([Se]c3ccccc3)c3[se]c4ccccc4c3c2[Se]c2ccccc2)cc1. The Labute approximate surface area is 225 Å². The zero-order chi connectivity index (χ0) is 22.7. The molecule has 6 aromatic rings. The van der Waals surface area contributed by atoms with Crippen LogP contribution in [-0.4, -0.2) is 59.4 Å². The zero-order valence-electron chi connectivity index (χ0n) is 18.2. The Hall–Kier alpha value is -1.82. The number of hydrogen-bond donors (Lipinski definition) is 0. The van der Waals surface area contributed by atoms with E-state index < -0.39 is 0 Å². The fourth-order valence-corrected chi connectivity index (χ4v) is 14.7. The molecule has 1 heterocycles. The molecule has 0 spiro atoms. The fourth-order valence-electron chi connectivity index (χ4n) is 3.91. The number of hydrogen-bond acceptors (Lipinski definition) is 0. The summed E-state index contributed by atoms with van der Waals surface area (Å²) < 4.78 is 12.3. The van der Waals surface area contributed by atoms with Crippen molar-refractivity contribution in [2.45, 2.75) is 0 Å². The van der Waals surface area contributed by atoms with Crippen LogP contribution in [0.4, 0.5) is 0 Å². The van der Waals surface area contributed by atoms with Crippen LogP contribution in [0.3, 0.4) is 0 Å². The molecule has 0 amide bonds. The third-order valence-electron chi connectivity index (χ3n) is 5.44. The zero-order valence-corrected chi connectivity index (χ0v) is 25.0. The van der Waals surface area contributed by atoms with Gasteiger partial charge in [-0.1, -0.05) is 0 Å². The predicted octanol–water partition coefficient (Wildman–Crippen LogP) is 2.01. The number of rotatable bonds is 6. The van der Waals surface area contributed by atoms with Crippen LogP contribution in [0.1, 0.15) is 0 Å². The van der Waals surface area contributed by atoms with E-state index in [1.54, 1.807) is 27.3 Å². The van der Waals surface area contributed by atoms with E-state index in [0.29, 0.717) is 29.5 Å². The fraction of sp³-hybridized carbons (Fsp3) is 0. The van der Waals surface area contributed by atoms with Crippen molar-refractivity contribution in [1.29, 1.82) is 0 Å². The first-order valence-electron chi connectivity index (χ1n) is 11.0. The van der Waals surface area contributed by atoms with Crippen LogP contribution in [0.25, 0.3) is 19.3 Å². The quantitative estimate of drug-likeness (QED) is 0.234. The minimum atomic E-state index is 0.281. The van der Waals surface area contributed by atoms with Gasteiger partial charge in [0.15, 0.2) is 0 Å². The van der Waals surface area contributed by atoms with Crippen molar-refractivity contribution in [2.75, 3.05) is 0 Å². The average Bonchev–Trinajstić information content (AvgIpc) is 3.28. The van der Waals surface area contributed by atoms with Gasteiger partial charge < -0.3 is 0 Å². The molecular weight excluding hydrogens is 676 g/mol. The molecule has 1 aromatic heterocycles. The third-order valence-corrected chi connectivity index (χ3v) is 16.1. The molecule has 4 heteroatoms. The van der Waals surface area contributed by atoms with Crippen molar-refractivity contribution in [2.24, 2.45) is 0 Å². The summed E-state index contributed by atoms with van der Waals surface area (Å²) in [6.07, 6.45) is 0. The normalized spacial score (nSPS) is 11.3. The Morgan fingerprint density at radius 3 is 1.59 bits per heavy atom. The molecule has 0 nitrogen and oxygen atoms in total. The van der Waals surface area contributed by atoms with Crippen LogP contribution >= 0.6 is 0 Å². The standard InChI is InChI=1S/C30H20Se4/c1-4-12-21(13-5-1)31-26-20-27(32-22-14-6-2-7-15-22)30-28(24-18-10-11-19-25(24)34-30)29(26)33-23-16-8-3-9-17-23/h1-20H. The van der Waals surface area contributed by atoms with Gasteiger partial charge in [-0.2, -0.15) is 0 Å². The number of benzene rings is 5. The summed E-state index contributed by atoms with van der Waals surface area (Å²) >= 11 is 1.25. The van der Waals surface area contributed by atoms with E-state index in [-0.39, 0.29) is 29.9 Å². The summed E-state index contributed by atoms with van der Waals surface area (Å²) in [5, 5.41) is 3.06. The Balaban J connectivity index is 1.61. The first-order valence-corrected chi connectivity index (χ1v) is 17.9. The summed E-state index contributed by atoms with van der Waals surface area (Å²) in [4.78, 5) is 0. The molecule has 0 fully saturated rings. The summed E-state index contributed by atoms with van der Waals surface area (Å²) in [5.41, 5.74) is 0. The topological polar surface area (TPSA) is 0 Å². The van der Waals surface area contributed by atoms with E-state index in [2.05, 4.69) is 121 Å². The van der Waals surface area contributed by atoms with E-state index in [1.807, 2.05) is 0 Å². The molecule has 0 aliphatic rings. The Morgan fingerprint density at radius 1 is 0.471 bits per heavy atom. The van der Waals surface area contributed by atoms with Gasteiger partial charge in [0.05, 0.1) is 0 Å². The third kappa shape index (κ3) is 4.80. The minimum absolute atomic E-state index is 0.281. The second-order valence-corrected chi connectivity index (χ2v) is 16.9. The molecule has 34 heavy (non-hydrogen) atoms. The summed E-state index contributed by atoms with van der Waals surface area (Å²) in [6, 6.07) is 45.0. The van der Waals surface area contributed by atoms with E-state index in [9.17, 15) is 0 Å². The Morgan fingerprint density at radius 2 is 0.971 bits per heavy atom. The van der Waals surface area contributed by atoms with Crippen molar-refractivity contribution in [3.8, 4) is 0 Å². The summed E-state index contributed by atoms with van der Waals surface area (Å²) in [7, 11) is 0. The van der Waals surface area contributed by atoms with Gasteiger partial charge in [0.1, 0.15) is 0 Å². The molecule has 0 radical (unpaired) electrons. The molecule has 6 rings (SSSR count). The molecule has 5 aromatic carbocycles. The van der Waals surface area contributed by atoms with Crippen LogP contribution in [-0.2, 0) is 0 Å². The van der Waals surface area contributed by atoms with Crippen molar-refractivity contribution < 1.29 is 0 Å². The van der Waals surface area contributed by atoms with Crippen LogP contribution in [0.15, 0.2) is 121 Å². The summed E-state index contributed by atoms with van der Waals surface area (Å²) in [5.74, 6) is 0. The van der Waals surface area contributed by atoms with Crippen LogP contribution in [0.2, 0.25) is 0 Å². The van der Waals surface area contributed by atoms with Crippen molar-refractivity contribution in [1.82, 2.24) is 0 Å². The molecule has 0 aliphatic heterocycles. The van der Waals surface area contributed by atoms with Gasteiger partial charge in [0, 0.05) is 0 Å². The van der Waals surface area contributed by atoms with E-state index in [1.165, 1.54) is 18.8 Å². The van der Waals surface area contributed by atoms with E-state index in [0.717, 1.165) is 0 Å². The molecule has 0 N–H and O–H groups in total. The predicted molar refractivity (Wildman–Crippen MR) is 153 cm³/mol. The van der Waals surface area contributed by atoms with E-state index >= 15 is 0 Å². The monoisotopic (exact) mass is 700 g/mol. The van der Waals surface area contributed by atoms with Crippen LogP contribution in [0.5, 0.6) is 0 Å². The Bertz CT molecular complexity index is 1560. The van der Waals surface area contributed by atoms with Crippen molar-refractivity contribution in [3.05, 3.63) is 121 Å². The average molecular weight is 696 g/mol. The second kappa shape index (κ2) is 10.4. The molecule has 0 unspecified atom stereocenters.